The first-order valence-corrected chi connectivity index (χ1v) is 7.02. The van der Waals surface area contributed by atoms with Crippen molar-refractivity contribution in [3.8, 4) is 11.8 Å². The van der Waals surface area contributed by atoms with Gasteiger partial charge >= 0.3 is 0 Å². The third-order valence-electron chi connectivity index (χ3n) is 3.51. The standard InChI is InChI=1S/C17H18N2O3/c1-4-21-14-8-6-5-7-12(14)16-13(9-18)17(19)22-11(3)15(16)10(2)20/h5-8,16H,4,19H2,1-3H3/t16-/m0/s1. The van der Waals surface area contributed by atoms with Crippen LogP contribution in [0.3, 0.4) is 0 Å². The van der Waals surface area contributed by atoms with Gasteiger partial charge in [0.1, 0.15) is 23.2 Å². The lowest BCUT2D eigenvalue weighted by Crippen LogP contribution is -2.23. The summed E-state index contributed by atoms with van der Waals surface area (Å²) >= 11 is 0. The number of nitrogens with two attached hydrogens (primary N) is 1. The van der Waals surface area contributed by atoms with E-state index >= 15 is 0 Å². The van der Waals surface area contributed by atoms with Crippen molar-refractivity contribution in [2.24, 2.45) is 5.73 Å². The second-order valence-corrected chi connectivity index (χ2v) is 4.92. The number of carbonyl (C=O) groups excluding carboxylic acids is 1. The summed E-state index contributed by atoms with van der Waals surface area (Å²) in [6, 6.07) is 9.39. The Hall–Kier alpha value is -2.74. The molecule has 1 aromatic rings. The van der Waals surface area contributed by atoms with E-state index in [0.29, 0.717) is 23.7 Å². The number of carbonyl (C=O) groups is 1. The van der Waals surface area contributed by atoms with Gasteiger partial charge in [-0.1, -0.05) is 18.2 Å². The van der Waals surface area contributed by atoms with E-state index in [0.717, 1.165) is 5.56 Å². The fraction of sp³-hybridized carbons (Fsp3) is 0.294. The summed E-state index contributed by atoms with van der Waals surface area (Å²) in [5.74, 6) is 0.346. The highest BCUT2D eigenvalue weighted by Crippen LogP contribution is 2.42. The molecule has 1 heterocycles. The molecule has 1 aliphatic heterocycles. The Morgan fingerprint density at radius 2 is 2.14 bits per heavy atom. The lowest BCUT2D eigenvalue weighted by Gasteiger charge is -2.27. The van der Waals surface area contributed by atoms with Crippen molar-refractivity contribution >= 4 is 5.78 Å². The second-order valence-electron chi connectivity index (χ2n) is 4.92. The van der Waals surface area contributed by atoms with Gasteiger partial charge in [0.05, 0.1) is 12.5 Å². The highest BCUT2D eigenvalue weighted by Gasteiger charge is 2.35. The van der Waals surface area contributed by atoms with Crippen molar-refractivity contribution in [2.75, 3.05) is 6.61 Å². The average Bonchev–Trinajstić information content (AvgIpc) is 2.47. The molecular formula is C17H18N2O3. The molecule has 0 spiro atoms. The molecule has 0 aliphatic carbocycles. The minimum atomic E-state index is -0.570. The quantitative estimate of drug-likeness (QED) is 0.923. The van der Waals surface area contributed by atoms with Crippen LogP contribution in [0.25, 0.3) is 0 Å². The third kappa shape index (κ3) is 2.68. The zero-order valence-electron chi connectivity index (χ0n) is 12.8. The number of hydrogen-bond donors (Lipinski definition) is 1. The number of nitriles is 1. The predicted molar refractivity (Wildman–Crippen MR) is 81.6 cm³/mol. The van der Waals surface area contributed by atoms with E-state index in [-0.39, 0.29) is 17.2 Å². The smallest absolute Gasteiger partial charge is 0.205 e. The van der Waals surface area contributed by atoms with Crippen molar-refractivity contribution < 1.29 is 14.3 Å². The largest absolute Gasteiger partial charge is 0.494 e. The average molecular weight is 298 g/mol. The lowest BCUT2D eigenvalue weighted by molar-refractivity contribution is -0.114. The van der Waals surface area contributed by atoms with Crippen LogP contribution in [0.15, 0.2) is 47.1 Å². The van der Waals surface area contributed by atoms with Crippen LogP contribution in [0.5, 0.6) is 5.75 Å². The maximum Gasteiger partial charge on any atom is 0.205 e. The van der Waals surface area contributed by atoms with E-state index in [1.807, 2.05) is 31.2 Å². The van der Waals surface area contributed by atoms with E-state index in [9.17, 15) is 10.1 Å². The number of nitrogens with zero attached hydrogens (tertiary/aromatic N) is 1. The van der Waals surface area contributed by atoms with E-state index < -0.39 is 5.92 Å². The van der Waals surface area contributed by atoms with E-state index in [1.54, 1.807) is 6.92 Å². The Labute approximate surface area is 129 Å². The molecule has 1 aromatic carbocycles. The zero-order valence-corrected chi connectivity index (χ0v) is 12.8. The van der Waals surface area contributed by atoms with Gasteiger partial charge in [-0.15, -0.1) is 0 Å². The number of benzene rings is 1. The van der Waals surface area contributed by atoms with Crippen LogP contribution in [0, 0.1) is 11.3 Å². The summed E-state index contributed by atoms with van der Waals surface area (Å²) in [6.07, 6.45) is 0. The van der Waals surface area contributed by atoms with Crippen LogP contribution in [0.2, 0.25) is 0 Å². The number of ketones is 1. The monoisotopic (exact) mass is 298 g/mol. The van der Waals surface area contributed by atoms with Gasteiger partial charge in [0, 0.05) is 11.1 Å². The maximum absolute atomic E-state index is 12.1. The normalized spacial score (nSPS) is 17.8. The van der Waals surface area contributed by atoms with Crippen LogP contribution >= 0.6 is 0 Å². The molecule has 0 saturated heterocycles. The fourth-order valence-corrected chi connectivity index (χ4v) is 2.65. The van der Waals surface area contributed by atoms with Gasteiger partial charge in [0.15, 0.2) is 5.78 Å². The van der Waals surface area contributed by atoms with Gasteiger partial charge in [0.2, 0.25) is 5.88 Å². The summed E-state index contributed by atoms with van der Waals surface area (Å²) < 4.78 is 11.0. The zero-order chi connectivity index (χ0) is 16.3. The molecule has 0 aromatic heterocycles. The molecule has 1 aliphatic rings. The highest BCUT2D eigenvalue weighted by atomic mass is 16.5. The van der Waals surface area contributed by atoms with Gasteiger partial charge in [-0.2, -0.15) is 5.26 Å². The molecule has 0 fully saturated rings. The summed E-state index contributed by atoms with van der Waals surface area (Å²) in [6.45, 7) is 5.49. The predicted octanol–water partition coefficient (Wildman–Crippen LogP) is 2.76. The SMILES string of the molecule is CCOc1ccccc1[C@H]1C(C#N)=C(N)OC(C)=C1C(C)=O. The maximum atomic E-state index is 12.1. The van der Waals surface area contributed by atoms with Crippen LogP contribution in [0.1, 0.15) is 32.3 Å². The molecule has 0 amide bonds. The van der Waals surface area contributed by atoms with Gasteiger partial charge in [-0.25, -0.2) is 0 Å². The summed E-state index contributed by atoms with van der Waals surface area (Å²) in [7, 11) is 0. The molecule has 0 radical (unpaired) electrons. The molecule has 0 bridgehead atoms. The van der Waals surface area contributed by atoms with Crippen LogP contribution in [0.4, 0.5) is 0 Å². The molecule has 2 N–H and O–H groups in total. The number of allylic oxidation sites excluding steroid dienone is 3. The summed E-state index contributed by atoms with van der Waals surface area (Å²) in [4.78, 5) is 12.1. The minimum absolute atomic E-state index is 0.0290. The van der Waals surface area contributed by atoms with Crippen molar-refractivity contribution in [1.82, 2.24) is 0 Å². The summed E-state index contributed by atoms with van der Waals surface area (Å²) in [5.41, 5.74) is 7.23. The van der Waals surface area contributed by atoms with E-state index in [2.05, 4.69) is 6.07 Å². The number of rotatable bonds is 4. The topological polar surface area (TPSA) is 85.3 Å². The van der Waals surface area contributed by atoms with Crippen molar-refractivity contribution in [2.45, 2.75) is 26.7 Å². The minimum Gasteiger partial charge on any atom is -0.494 e. The first-order chi connectivity index (χ1) is 10.5. The number of Topliss-reactive ketones (excluding diaryl/α,β-unsaturated/α-hetero) is 1. The fourth-order valence-electron chi connectivity index (χ4n) is 2.65. The van der Waals surface area contributed by atoms with Gasteiger partial charge in [-0.3, -0.25) is 4.79 Å². The third-order valence-corrected chi connectivity index (χ3v) is 3.51. The van der Waals surface area contributed by atoms with Crippen LogP contribution in [-0.2, 0) is 9.53 Å². The van der Waals surface area contributed by atoms with Gasteiger partial charge in [-0.05, 0) is 26.8 Å². The van der Waals surface area contributed by atoms with Crippen molar-refractivity contribution in [3.05, 3.63) is 52.6 Å². The van der Waals surface area contributed by atoms with E-state index in [4.69, 9.17) is 15.2 Å². The van der Waals surface area contributed by atoms with Crippen molar-refractivity contribution in [3.63, 3.8) is 0 Å². The first kappa shape index (κ1) is 15.6. The van der Waals surface area contributed by atoms with E-state index in [1.165, 1.54) is 6.92 Å². The van der Waals surface area contributed by atoms with Crippen LogP contribution in [-0.4, -0.2) is 12.4 Å². The van der Waals surface area contributed by atoms with Crippen LogP contribution < -0.4 is 10.5 Å². The Morgan fingerprint density at radius 1 is 1.45 bits per heavy atom. The molecule has 5 heteroatoms. The molecule has 5 nitrogen and oxygen atoms in total. The molecular weight excluding hydrogens is 280 g/mol. The Balaban J connectivity index is 2.69. The van der Waals surface area contributed by atoms with Gasteiger partial charge in [0.25, 0.3) is 0 Å². The van der Waals surface area contributed by atoms with Crippen molar-refractivity contribution in [1.29, 1.82) is 5.26 Å². The number of ether oxygens (including phenoxy) is 2. The highest BCUT2D eigenvalue weighted by molar-refractivity contribution is 5.97. The Morgan fingerprint density at radius 3 is 2.73 bits per heavy atom. The molecule has 0 unspecified atom stereocenters. The first-order valence-electron chi connectivity index (χ1n) is 7.02. The molecule has 22 heavy (non-hydrogen) atoms. The molecule has 1 atom stereocenters. The number of hydrogen-bond acceptors (Lipinski definition) is 5. The summed E-state index contributed by atoms with van der Waals surface area (Å²) in [5, 5.41) is 9.46. The molecule has 114 valence electrons. The Kier molecular flexibility index (Phi) is 4.52. The molecule has 2 rings (SSSR count). The lowest BCUT2D eigenvalue weighted by atomic mass is 9.81. The Bertz CT molecular complexity index is 711. The second kappa shape index (κ2) is 6.35. The number of para-hydroxylation sites is 1. The van der Waals surface area contributed by atoms with Gasteiger partial charge < -0.3 is 15.2 Å². The molecule has 0 saturated carbocycles.